The molecule has 0 aliphatic carbocycles. The van der Waals surface area contributed by atoms with Crippen LogP contribution in [-0.4, -0.2) is 15.6 Å². The van der Waals surface area contributed by atoms with Crippen molar-refractivity contribution in [1.82, 2.24) is 4.57 Å². The van der Waals surface area contributed by atoms with Crippen molar-refractivity contribution in [3.05, 3.63) is 45.4 Å². The Balaban J connectivity index is 2.41. The number of hydrogen-bond donors (Lipinski definition) is 1. The Morgan fingerprint density at radius 2 is 2.21 bits per heavy atom. The fourth-order valence-electron chi connectivity index (χ4n) is 1.84. The van der Waals surface area contributed by atoms with Gasteiger partial charge in [-0.05, 0) is 24.6 Å². The van der Waals surface area contributed by atoms with Crippen LogP contribution < -0.4 is 4.87 Å². The smallest absolute Gasteiger partial charge is 0.307 e. The van der Waals surface area contributed by atoms with Crippen LogP contribution in [0.2, 0.25) is 0 Å². The van der Waals surface area contributed by atoms with E-state index in [4.69, 9.17) is 5.11 Å². The minimum atomic E-state index is -0.954. The van der Waals surface area contributed by atoms with Gasteiger partial charge in [0.25, 0.3) is 0 Å². The van der Waals surface area contributed by atoms with Crippen molar-refractivity contribution < 1.29 is 14.3 Å². The second-order valence-electron chi connectivity index (χ2n) is 4.09. The van der Waals surface area contributed by atoms with E-state index in [1.807, 2.05) is 0 Å². The van der Waals surface area contributed by atoms with Crippen LogP contribution in [0.3, 0.4) is 0 Å². The van der Waals surface area contributed by atoms with Crippen molar-refractivity contribution in [1.29, 1.82) is 0 Å². The summed E-state index contributed by atoms with van der Waals surface area (Å²) in [5.41, 5.74) is 1.30. The minimum Gasteiger partial charge on any atom is -0.481 e. The van der Waals surface area contributed by atoms with Crippen molar-refractivity contribution in [2.75, 3.05) is 0 Å². The fraction of sp³-hybridized carbons (Fsp3) is 0.231. The monoisotopic (exact) mass is 281 g/mol. The summed E-state index contributed by atoms with van der Waals surface area (Å²) >= 11 is 1.00. The highest BCUT2D eigenvalue weighted by Gasteiger charge is 2.13. The number of hydrogen-bond acceptors (Lipinski definition) is 3. The number of carboxylic acid groups (broad SMARTS) is 1. The zero-order chi connectivity index (χ0) is 14.0. The molecule has 0 saturated carbocycles. The van der Waals surface area contributed by atoms with E-state index in [1.165, 1.54) is 16.7 Å². The number of carbonyl (C=O) groups is 1. The number of halogens is 1. The Morgan fingerprint density at radius 1 is 1.47 bits per heavy atom. The highest BCUT2D eigenvalue weighted by molar-refractivity contribution is 7.13. The van der Waals surface area contributed by atoms with Gasteiger partial charge in [0, 0.05) is 12.2 Å². The lowest BCUT2D eigenvalue weighted by atomic mass is 10.1. The number of thiazole rings is 1. The van der Waals surface area contributed by atoms with Gasteiger partial charge in [0.2, 0.25) is 0 Å². The molecule has 2 aromatic rings. The molecule has 0 amide bonds. The molecule has 100 valence electrons. The number of nitrogens with zero attached hydrogens (tertiary/aromatic N) is 1. The number of carboxylic acids is 1. The minimum absolute atomic E-state index is 0.111. The molecule has 4 nitrogen and oxygen atoms in total. The van der Waals surface area contributed by atoms with Gasteiger partial charge in [0.05, 0.1) is 11.3 Å². The summed E-state index contributed by atoms with van der Waals surface area (Å²) in [5, 5.41) is 8.66. The lowest BCUT2D eigenvalue weighted by molar-refractivity contribution is -0.137. The van der Waals surface area contributed by atoms with Gasteiger partial charge in [0.1, 0.15) is 5.82 Å². The van der Waals surface area contributed by atoms with Crippen LogP contribution in [0.1, 0.15) is 12.1 Å². The van der Waals surface area contributed by atoms with Gasteiger partial charge in [0.15, 0.2) is 0 Å². The fourth-order valence-corrected chi connectivity index (χ4v) is 2.86. The molecule has 1 aromatic heterocycles. The largest absolute Gasteiger partial charge is 0.481 e. The van der Waals surface area contributed by atoms with E-state index in [0.717, 1.165) is 11.3 Å². The van der Waals surface area contributed by atoms with Gasteiger partial charge in [-0.25, -0.2) is 4.39 Å². The molecule has 2 rings (SSSR count). The van der Waals surface area contributed by atoms with Crippen LogP contribution in [0, 0.1) is 12.7 Å². The molecule has 0 unspecified atom stereocenters. The predicted octanol–water partition coefficient (Wildman–Crippen LogP) is 2.50. The third kappa shape index (κ3) is 2.90. The topological polar surface area (TPSA) is 59.3 Å². The molecule has 0 bridgehead atoms. The molecule has 1 heterocycles. The van der Waals surface area contributed by atoms with Crippen molar-refractivity contribution in [2.24, 2.45) is 0 Å². The van der Waals surface area contributed by atoms with Crippen molar-refractivity contribution >= 4 is 17.3 Å². The maximum Gasteiger partial charge on any atom is 0.307 e. The second-order valence-corrected chi connectivity index (χ2v) is 5.05. The Bertz CT molecular complexity index is 675. The summed E-state index contributed by atoms with van der Waals surface area (Å²) in [6.45, 7) is 1.87. The van der Waals surface area contributed by atoms with Crippen LogP contribution in [0.4, 0.5) is 4.39 Å². The number of aromatic nitrogens is 1. The third-order valence-electron chi connectivity index (χ3n) is 2.78. The Morgan fingerprint density at radius 3 is 2.84 bits per heavy atom. The molecular weight excluding hydrogens is 269 g/mol. The van der Waals surface area contributed by atoms with Gasteiger partial charge < -0.3 is 9.67 Å². The van der Waals surface area contributed by atoms with Crippen molar-refractivity contribution in [3.8, 4) is 10.4 Å². The van der Waals surface area contributed by atoms with Crippen LogP contribution in [0.15, 0.2) is 29.1 Å². The number of aliphatic carboxylic acids is 1. The van der Waals surface area contributed by atoms with Gasteiger partial charge in [-0.3, -0.25) is 9.59 Å². The molecule has 0 saturated heterocycles. The first kappa shape index (κ1) is 13.5. The maximum atomic E-state index is 13.2. The zero-order valence-electron chi connectivity index (χ0n) is 10.2. The average Bonchev–Trinajstić information content (AvgIpc) is 2.62. The molecule has 19 heavy (non-hydrogen) atoms. The van der Waals surface area contributed by atoms with Gasteiger partial charge in [-0.1, -0.05) is 23.5 Å². The van der Waals surface area contributed by atoms with E-state index in [2.05, 4.69) is 0 Å². The second kappa shape index (κ2) is 5.36. The Labute approximate surface area is 112 Å². The maximum absolute atomic E-state index is 13.2. The molecule has 0 atom stereocenters. The van der Waals surface area contributed by atoms with Crippen LogP contribution in [0.5, 0.6) is 0 Å². The summed E-state index contributed by atoms with van der Waals surface area (Å²) < 4.78 is 14.6. The number of benzene rings is 1. The molecule has 0 radical (unpaired) electrons. The first-order valence-electron chi connectivity index (χ1n) is 5.67. The highest BCUT2D eigenvalue weighted by Crippen LogP contribution is 2.27. The molecule has 6 heteroatoms. The standard InChI is InChI=1S/C13H12FNO3S/c1-8-12(9-3-2-4-10(14)7-9)19-13(18)15(8)6-5-11(16)17/h2-4,7H,5-6H2,1H3,(H,16,17). The van der Waals surface area contributed by atoms with E-state index in [0.29, 0.717) is 16.1 Å². The van der Waals surface area contributed by atoms with Crippen molar-refractivity contribution in [2.45, 2.75) is 19.9 Å². The summed E-state index contributed by atoms with van der Waals surface area (Å²) in [6, 6.07) is 6.00. The summed E-state index contributed by atoms with van der Waals surface area (Å²) in [4.78, 5) is 22.8. The summed E-state index contributed by atoms with van der Waals surface area (Å²) in [5.74, 6) is -1.32. The molecular formula is C13H12FNO3S. The summed E-state index contributed by atoms with van der Waals surface area (Å²) in [6.07, 6.45) is -0.111. The molecule has 0 fully saturated rings. The first-order valence-corrected chi connectivity index (χ1v) is 6.48. The van der Waals surface area contributed by atoms with Crippen LogP contribution in [0.25, 0.3) is 10.4 Å². The van der Waals surface area contributed by atoms with Crippen molar-refractivity contribution in [3.63, 3.8) is 0 Å². The molecule has 0 aliphatic rings. The molecule has 1 aromatic carbocycles. The lowest BCUT2D eigenvalue weighted by Gasteiger charge is -2.04. The predicted molar refractivity (Wildman–Crippen MR) is 71.0 cm³/mol. The summed E-state index contributed by atoms with van der Waals surface area (Å²) in [7, 11) is 0. The van der Waals surface area contributed by atoms with E-state index in [1.54, 1.807) is 19.1 Å². The van der Waals surface area contributed by atoms with E-state index < -0.39 is 5.97 Å². The van der Waals surface area contributed by atoms with E-state index >= 15 is 0 Å². The lowest BCUT2D eigenvalue weighted by Crippen LogP contribution is -2.16. The first-order chi connectivity index (χ1) is 8.99. The highest BCUT2D eigenvalue weighted by atomic mass is 32.1. The SMILES string of the molecule is Cc1c(-c2cccc(F)c2)sc(=O)n1CCC(=O)O. The number of rotatable bonds is 4. The van der Waals surface area contributed by atoms with E-state index in [9.17, 15) is 14.0 Å². The zero-order valence-corrected chi connectivity index (χ0v) is 11.0. The van der Waals surface area contributed by atoms with Gasteiger partial charge in [-0.15, -0.1) is 0 Å². The van der Waals surface area contributed by atoms with Gasteiger partial charge in [-0.2, -0.15) is 0 Å². The molecule has 0 aliphatic heterocycles. The third-order valence-corrected chi connectivity index (χ3v) is 3.91. The molecule has 1 N–H and O–H groups in total. The van der Waals surface area contributed by atoms with Gasteiger partial charge >= 0.3 is 10.8 Å². The normalized spacial score (nSPS) is 10.6. The quantitative estimate of drug-likeness (QED) is 0.936. The average molecular weight is 281 g/mol. The molecule has 0 spiro atoms. The Hall–Kier alpha value is -1.95. The van der Waals surface area contributed by atoms with Crippen LogP contribution in [-0.2, 0) is 11.3 Å². The Kier molecular flexibility index (Phi) is 3.80. The van der Waals surface area contributed by atoms with Crippen LogP contribution >= 0.6 is 11.3 Å². The van der Waals surface area contributed by atoms with E-state index in [-0.39, 0.29) is 23.7 Å².